The molecule has 5 rings (SSSR count). The average Bonchev–Trinajstić information content (AvgIpc) is 2.79. The molecule has 1 aliphatic heterocycles. The van der Waals surface area contributed by atoms with E-state index >= 15 is 0 Å². The van der Waals surface area contributed by atoms with Crippen LogP contribution in [0.4, 0.5) is 5.95 Å². The number of anilines is 1. The minimum Gasteiger partial charge on any atom is -0.493 e. The first-order chi connectivity index (χ1) is 15.1. The number of rotatable bonds is 4. The molecule has 2 aromatic heterocycles. The topological polar surface area (TPSA) is 102 Å². The number of nitrogens with zero attached hydrogens (tertiary/aromatic N) is 3. The molecule has 3 heterocycles. The summed E-state index contributed by atoms with van der Waals surface area (Å²) in [7, 11) is 0. The van der Waals surface area contributed by atoms with Gasteiger partial charge in [0.25, 0.3) is 11.1 Å². The molecule has 2 aromatic carbocycles. The molecule has 0 radical (unpaired) electrons. The Morgan fingerprint density at radius 1 is 1.16 bits per heavy atom. The van der Waals surface area contributed by atoms with E-state index in [0.29, 0.717) is 23.6 Å². The minimum atomic E-state index is -0.512. The molecule has 4 aromatic rings. The monoisotopic (exact) mass is 415 g/mol. The molecule has 0 saturated carbocycles. The van der Waals surface area contributed by atoms with Gasteiger partial charge in [-0.25, -0.2) is 9.67 Å². The van der Waals surface area contributed by atoms with Crippen LogP contribution in [0.25, 0.3) is 10.8 Å². The number of H-pyrrole nitrogens is 1. The molecule has 0 saturated heterocycles. The summed E-state index contributed by atoms with van der Waals surface area (Å²) < 4.78 is 7.06. The number of fused-ring (bicyclic) bond motifs is 2. The van der Waals surface area contributed by atoms with Gasteiger partial charge in [0.1, 0.15) is 5.75 Å². The van der Waals surface area contributed by atoms with Crippen molar-refractivity contribution in [2.75, 3.05) is 11.9 Å². The van der Waals surface area contributed by atoms with Crippen molar-refractivity contribution in [2.45, 2.75) is 25.4 Å². The fourth-order valence-corrected chi connectivity index (χ4v) is 3.92. The third kappa shape index (κ3) is 3.56. The van der Waals surface area contributed by atoms with E-state index in [4.69, 9.17) is 4.74 Å². The highest BCUT2D eigenvalue weighted by Crippen LogP contribution is 2.33. The average molecular weight is 415 g/mol. The molecule has 8 nitrogen and oxygen atoms in total. The van der Waals surface area contributed by atoms with Crippen LogP contribution in [-0.2, 0) is 0 Å². The summed E-state index contributed by atoms with van der Waals surface area (Å²) in [4.78, 5) is 32.6. The zero-order valence-electron chi connectivity index (χ0n) is 16.9. The molecule has 0 spiro atoms. The predicted octanol–water partition coefficient (Wildman–Crippen LogP) is 3.02. The van der Waals surface area contributed by atoms with Crippen molar-refractivity contribution >= 4 is 16.7 Å². The summed E-state index contributed by atoms with van der Waals surface area (Å²) in [6.07, 6.45) is 2.39. The van der Waals surface area contributed by atoms with Gasteiger partial charge in [0.2, 0.25) is 5.95 Å². The lowest BCUT2D eigenvalue weighted by Gasteiger charge is -2.27. The van der Waals surface area contributed by atoms with E-state index < -0.39 is 6.04 Å². The van der Waals surface area contributed by atoms with Gasteiger partial charge in [-0.2, -0.15) is 5.10 Å². The second kappa shape index (κ2) is 7.71. The first kappa shape index (κ1) is 19.0. The Hall–Kier alpha value is -3.94. The molecule has 2 N–H and O–H groups in total. The third-order valence-electron chi connectivity index (χ3n) is 5.55. The fraction of sp³-hybridized carbons (Fsp3) is 0.217. The Morgan fingerprint density at radius 2 is 1.97 bits per heavy atom. The molecule has 31 heavy (non-hydrogen) atoms. The molecule has 156 valence electrons. The molecule has 0 fully saturated rings. The number of aromatic amines is 1. The van der Waals surface area contributed by atoms with Crippen LogP contribution >= 0.6 is 0 Å². The Balaban J connectivity index is 1.49. The largest absolute Gasteiger partial charge is 0.493 e. The predicted molar refractivity (Wildman–Crippen MR) is 118 cm³/mol. The van der Waals surface area contributed by atoms with Crippen LogP contribution in [0.3, 0.4) is 0 Å². The number of ether oxygens (including phenoxy) is 1. The second-order valence-corrected chi connectivity index (χ2v) is 7.55. The molecular weight excluding hydrogens is 394 g/mol. The Bertz CT molecular complexity index is 1380. The van der Waals surface area contributed by atoms with Gasteiger partial charge in [-0.15, -0.1) is 0 Å². The van der Waals surface area contributed by atoms with Crippen molar-refractivity contribution in [3.63, 3.8) is 0 Å². The first-order valence-corrected chi connectivity index (χ1v) is 10.2. The van der Waals surface area contributed by atoms with Crippen LogP contribution in [-0.4, -0.2) is 26.4 Å². The van der Waals surface area contributed by atoms with Gasteiger partial charge in [-0.05, 0) is 19.1 Å². The maximum atomic E-state index is 12.9. The van der Waals surface area contributed by atoms with E-state index in [1.165, 1.54) is 10.7 Å². The minimum absolute atomic E-state index is 0.0415. The van der Waals surface area contributed by atoms with Crippen LogP contribution in [0.1, 0.15) is 36.7 Å². The van der Waals surface area contributed by atoms with Gasteiger partial charge in [-0.1, -0.05) is 36.4 Å². The third-order valence-corrected chi connectivity index (χ3v) is 5.55. The normalized spacial score (nSPS) is 16.4. The van der Waals surface area contributed by atoms with Crippen molar-refractivity contribution in [1.29, 1.82) is 0 Å². The standard InChI is InChI=1S/C23H21N5O3/c1-14(28-22(30)16-7-3-2-6-15(16)13-24-28)19-12-21(29)27-23(26-19)25-18-10-11-31-20-9-5-4-8-17(18)20/h2-9,12-14,18H,10-11H2,1H3,(H2,25,26,27,29)/t14-,18+/m0/s1. The highest BCUT2D eigenvalue weighted by molar-refractivity contribution is 5.80. The zero-order valence-corrected chi connectivity index (χ0v) is 16.9. The zero-order chi connectivity index (χ0) is 21.4. The van der Waals surface area contributed by atoms with Crippen LogP contribution in [0.15, 0.2) is 70.4 Å². The van der Waals surface area contributed by atoms with Gasteiger partial charge in [-0.3, -0.25) is 14.6 Å². The Labute approximate surface area is 177 Å². The molecule has 0 bridgehead atoms. The van der Waals surface area contributed by atoms with Crippen molar-refractivity contribution in [2.24, 2.45) is 0 Å². The summed E-state index contributed by atoms with van der Waals surface area (Å²) in [5.74, 6) is 1.18. The van der Waals surface area contributed by atoms with Crippen molar-refractivity contribution < 1.29 is 4.74 Å². The maximum absolute atomic E-state index is 12.9. The molecule has 0 amide bonds. The summed E-state index contributed by atoms with van der Waals surface area (Å²) >= 11 is 0. The summed E-state index contributed by atoms with van der Waals surface area (Å²) in [5, 5.41) is 8.97. The highest BCUT2D eigenvalue weighted by atomic mass is 16.5. The van der Waals surface area contributed by atoms with E-state index in [0.717, 1.165) is 23.1 Å². The number of hydrogen-bond acceptors (Lipinski definition) is 6. The maximum Gasteiger partial charge on any atom is 0.275 e. The van der Waals surface area contributed by atoms with Crippen molar-refractivity contribution in [1.82, 2.24) is 19.7 Å². The van der Waals surface area contributed by atoms with Crippen molar-refractivity contribution in [3.8, 4) is 5.75 Å². The number of hydrogen-bond donors (Lipinski definition) is 2. The van der Waals surface area contributed by atoms with E-state index in [1.807, 2.05) is 42.5 Å². The molecule has 2 atom stereocenters. The molecular formula is C23H21N5O3. The second-order valence-electron chi connectivity index (χ2n) is 7.55. The lowest BCUT2D eigenvalue weighted by atomic mass is 10.0. The highest BCUT2D eigenvalue weighted by Gasteiger charge is 2.22. The number of aromatic nitrogens is 4. The summed E-state index contributed by atoms with van der Waals surface area (Å²) in [6.45, 7) is 2.38. The van der Waals surface area contributed by atoms with Gasteiger partial charge >= 0.3 is 0 Å². The van der Waals surface area contributed by atoms with Crippen LogP contribution in [0, 0.1) is 0 Å². The molecule has 8 heteroatoms. The Kier molecular flexibility index (Phi) is 4.74. The quantitative estimate of drug-likeness (QED) is 0.531. The molecule has 0 unspecified atom stereocenters. The number of para-hydroxylation sites is 1. The van der Waals surface area contributed by atoms with Crippen LogP contribution in [0.2, 0.25) is 0 Å². The number of benzene rings is 2. The molecule has 1 aliphatic rings. The summed E-state index contributed by atoms with van der Waals surface area (Å²) in [6, 6.07) is 15.9. The first-order valence-electron chi connectivity index (χ1n) is 10.2. The Morgan fingerprint density at radius 3 is 2.87 bits per heavy atom. The van der Waals surface area contributed by atoms with E-state index in [2.05, 4.69) is 20.4 Å². The van der Waals surface area contributed by atoms with E-state index in [1.54, 1.807) is 19.2 Å². The van der Waals surface area contributed by atoms with Gasteiger partial charge in [0, 0.05) is 23.4 Å². The summed E-state index contributed by atoms with van der Waals surface area (Å²) in [5.41, 5.74) is 0.952. The lowest BCUT2D eigenvalue weighted by molar-refractivity contribution is 0.274. The van der Waals surface area contributed by atoms with Crippen LogP contribution in [0.5, 0.6) is 5.75 Å². The number of nitrogens with one attached hydrogen (secondary N) is 2. The van der Waals surface area contributed by atoms with Gasteiger partial charge in [0.05, 0.1) is 36.0 Å². The lowest BCUT2D eigenvalue weighted by Crippen LogP contribution is -2.28. The van der Waals surface area contributed by atoms with E-state index in [9.17, 15) is 9.59 Å². The SMILES string of the molecule is C[C@@H](c1cc(=O)[nH]c(N[C@@H]2CCOc3ccccc32)n1)n1ncc2ccccc2c1=O. The smallest absolute Gasteiger partial charge is 0.275 e. The van der Waals surface area contributed by atoms with E-state index in [-0.39, 0.29) is 17.2 Å². The molecule has 0 aliphatic carbocycles. The fourth-order valence-electron chi connectivity index (χ4n) is 3.92. The van der Waals surface area contributed by atoms with Crippen LogP contribution < -0.4 is 21.2 Å². The van der Waals surface area contributed by atoms with Crippen molar-refractivity contribution in [3.05, 3.63) is 92.8 Å². The van der Waals surface area contributed by atoms with Gasteiger partial charge in [0.15, 0.2) is 0 Å². The van der Waals surface area contributed by atoms with Gasteiger partial charge < -0.3 is 10.1 Å².